The Morgan fingerprint density at radius 2 is 2.05 bits per heavy atom. The SMILES string of the molecule is CCSc1cc[n+](COCN2C=CC(=CN=O)C=C2)cc1. The summed E-state index contributed by atoms with van der Waals surface area (Å²) < 4.78 is 7.61. The fourth-order valence-electron chi connectivity index (χ4n) is 1.75. The summed E-state index contributed by atoms with van der Waals surface area (Å²) in [5, 5.41) is 2.74. The fourth-order valence-corrected chi connectivity index (χ4v) is 2.39. The molecule has 0 bridgehead atoms. The average Bonchev–Trinajstić information content (AvgIpc) is 2.51. The summed E-state index contributed by atoms with van der Waals surface area (Å²) >= 11 is 1.82. The van der Waals surface area contributed by atoms with Crippen LogP contribution in [-0.4, -0.2) is 17.4 Å². The molecule has 0 atom stereocenters. The number of nitrogens with zero attached hydrogens (tertiary/aromatic N) is 3. The number of ether oxygens (including phenoxy) is 1. The van der Waals surface area contributed by atoms with E-state index < -0.39 is 0 Å². The van der Waals surface area contributed by atoms with Crippen LogP contribution in [0.3, 0.4) is 0 Å². The first-order valence-corrected chi connectivity index (χ1v) is 7.65. The van der Waals surface area contributed by atoms with E-state index in [0.29, 0.717) is 13.5 Å². The predicted molar refractivity (Wildman–Crippen MR) is 83.0 cm³/mol. The Morgan fingerprint density at radius 3 is 2.67 bits per heavy atom. The Balaban J connectivity index is 1.75. The van der Waals surface area contributed by atoms with E-state index in [4.69, 9.17) is 4.74 Å². The van der Waals surface area contributed by atoms with Crippen LogP contribution in [0.25, 0.3) is 0 Å². The number of thioether (sulfide) groups is 1. The number of pyridine rings is 1. The monoisotopic (exact) mass is 304 g/mol. The molecule has 0 aliphatic carbocycles. The molecule has 0 unspecified atom stereocenters. The molecule has 2 heterocycles. The van der Waals surface area contributed by atoms with Gasteiger partial charge in [-0.05, 0) is 28.7 Å². The number of nitroso groups, excluding NO2 is 1. The van der Waals surface area contributed by atoms with Crippen molar-refractivity contribution in [1.29, 1.82) is 0 Å². The van der Waals surface area contributed by atoms with Gasteiger partial charge < -0.3 is 9.64 Å². The van der Waals surface area contributed by atoms with Gasteiger partial charge in [0.2, 0.25) is 0 Å². The van der Waals surface area contributed by atoms with E-state index in [0.717, 1.165) is 11.3 Å². The average molecular weight is 304 g/mol. The molecule has 1 aromatic rings. The Hall–Kier alpha value is -1.92. The van der Waals surface area contributed by atoms with Crippen molar-refractivity contribution in [3.8, 4) is 0 Å². The van der Waals surface area contributed by atoms with Gasteiger partial charge in [-0.3, -0.25) is 0 Å². The van der Waals surface area contributed by atoms with E-state index in [9.17, 15) is 4.91 Å². The molecular formula is C15H18N3O2S+. The molecule has 1 aliphatic rings. The summed E-state index contributed by atoms with van der Waals surface area (Å²) in [6.07, 6.45) is 12.6. The summed E-state index contributed by atoms with van der Waals surface area (Å²) in [5.41, 5.74) is 0.777. The standard InChI is InChI=1S/C15H18N3O2S/c1-2-21-15-5-9-18(10-6-15)13-20-12-17-7-3-14(4-8-17)11-16-19/h3-11H,2,12-13H2,1H3/q+1. The van der Waals surface area contributed by atoms with Gasteiger partial charge in [-0.1, -0.05) is 6.92 Å². The zero-order chi connectivity index (χ0) is 14.9. The second-order valence-corrected chi connectivity index (χ2v) is 5.66. The molecule has 5 nitrogen and oxygen atoms in total. The number of aromatic nitrogens is 1. The van der Waals surface area contributed by atoms with Crippen molar-refractivity contribution in [1.82, 2.24) is 4.90 Å². The molecule has 1 aromatic heterocycles. The minimum Gasteiger partial charge on any atom is -0.331 e. The highest BCUT2D eigenvalue weighted by molar-refractivity contribution is 7.99. The molecular weight excluding hydrogens is 286 g/mol. The Kier molecular flexibility index (Phi) is 6.18. The summed E-state index contributed by atoms with van der Waals surface area (Å²) in [4.78, 5) is 13.3. The van der Waals surface area contributed by atoms with Gasteiger partial charge >= 0.3 is 0 Å². The molecule has 0 N–H and O–H groups in total. The van der Waals surface area contributed by atoms with E-state index in [1.165, 1.54) is 11.1 Å². The zero-order valence-electron chi connectivity index (χ0n) is 11.9. The van der Waals surface area contributed by atoms with Gasteiger partial charge in [0.25, 0.3) is 6.73 Å². The molecule has 0 saturated carbocycles. The third kappa shape index (κ3) is 5.17. The van der Waals surface area contributed by atoms with Gasteiger partial charge in [0, 0.05) is 29.4 Å². The molecule has 2 rings (SSSR count). The van der Waals surface area contributed by atoms with Crippen molar-refractivity contribution in [3.63, 3.8) is 0 Å². The summed E-state index contributed by atoms with van der Waals surface area (Å²) in [7, 11) is 0. The first-order valence-electron chi connectivity index (χ1n) is 6.66. The first kappa shape index (κ1) is 15.5. The van der Waals surface area contributed by atoms with Gasteiger partial charge in [0.15, 0.2) is 12.4 Å². The molecule has 0 saturated heterocycles. The number of hydrogen-bond acceptors (Lipinski definition) is 5. The Bertz CT molecular complexity index is 537. The van der Waals surface area contributed by atoms with Crippen LogP contribution in [0.5, 0.6) is 0 Å². The summed E-state index contributed by atoms with van der Waals surface area (Å²) in [5.74, 6) is 1.07. The van der Waals surface area contributed by atoms with Crippen molar-refractivity contribution in [2.24, 2.45) is 5.18 Å². The van der Waals surface area contributed by atoms with Crippen LogP contribution in [0.4, 0.5) is 0 Å². The number of allylic oxidation sites excluding steroid dienone is 3. The van der Waals surface area contributed by atoms with Gasteiger partial charge in [0.05, 0.1) is 6.20 Å². The van der Waals surface area contributed by atoms with Gasteiger partial charge in [-0.2, -0.15) is 4.57 Å². The van der Waals surface area contributed by atoms with E-state index in [-0.39, 0.29) is 0 Å². The highest BCUT2D eigenvalue weighted by Gasteiger charge is 2.04. The number of hydrogen-bond donors (Lipinski definition) is 0. The van der Waals surface area contributed by atoms with E-state index in [1.807, 2.05) is 58.2 Å². The molecule has 1 aliphatic heterocycles. The maximum atomic E-state index is 10.1. The van der Waals surface area contributed by atoms with Crippen LogP contribution >= 0.6 is 11.8 Å². The van der Waals surface area contributed by atoms with E-state index in [2.05, 4.69) is 24.2 Å². The Labute approximate surface area is 128 Å². The van der Waals surface area contributed by atoms with Gasteiger partial charge in [0.1, 0.15) is 6.73 Å². The van der Waals surface area contributed by atoms with Crippen LogP contribution in [-0.2, 0) is 11.5 Å². The Morgan fingerprint density at radius 1 is 1.33 bits per heavy atom. The molecule has 0 fully saturated rings. The molecule has 0 aromatic carbocycles. The van der Waals surface area contributed by atoms with Crippen LogP contribution < -0.4 is 4.57 Å². The lowest BCUT2D eigenvalue weighted by atomic mass is 10.2. The topological polar surface area (TPSA) is 45.8 Å². The van der Waals surface area contributed by atoms with Crippen LogP contribution in [0.1, 0.15) is 6.92 Å². The lowest BCUT2D eigenvalue weighted by molar-refractivity contribution is -0.733. The van der Waals surface area contributed by atoms with Crippen molar-refractivity contribution in [2.45, 2.75) is 18.6 Å². The molecule has 21 heavy (non-hydrogen) atoms. The highest BCUT2D eigenvalue weighted by atomic mass is 32.2. The maximum Gasteiger partial charge on any atom is 0.254 e. The van der Waals surface area contributed by atoms with Crippen molar-refractivity contribution in [2.75, 3.05) is 12.5 Å². The molecule has 0 amide bonds. The molecule has 0 radical (unpaired) electrons. The van der Waals surface area contributed by atoms with Crippen molar-refractivity contribution >= 4 is 11.8 Å². The lowest BCUT2D eigenvalue weighted by Crippen LogP contribution is -2.35. The van der Waals surface area contributed by atoms with Crippen molar-refractivity contribution in [3.05, 3.63) is 65.8 Å². The third-order valence-electron chi connectivity index (χ3n) is 2.77. The third-order valence-corrected chi connectivity index (χ3v) is 3.67. The van der Waals surface area contributed by atoms with Crippen LogP contribution in [0.15, 0.2) is 70.9 Å². The second kappa shape index (κ2) is 8.39. The maximum absolute atomic E-state index is 10.1. The quantitative estimate of drug-likeness (QED) is 0.441. The molecule has 110 valence electrons. The predicted octanol–water partition coefficient (Wildman–Crippen LogP) is 3.01. The summed E-state index contributed by atoms with van der Waals surface area (Å²) in [6, 6.07) is 4.17. The first-order chi connectivity index (χ1) is 10.3. The van der Waals surface area contributed by atoms with E-state index in [1.54, 1.807) is 0 Å². The minimum absolute atomic E-state index is 0.452. The van der Waals surface area contributed by atoms with E-state index >= 15 is 0 Å². The highest BCUT2D eigenvalue weighted by Crippen LogP contribution is 2.14. The molecule has 0 spiro atoms. The second-order valence-electron chi connectivity index (χ2n) is 4.32. The molecule has 6 heteroatoms. The summed E-state index contributed by atoms with van der Waals surface area (Å²) in [6.45, 7) is 3.08. The number of rotatable bonds is 7. The fraction of sp³-hybridized carbons (Fsp3) is 0.267. The normalized spacial score (nSPS) is 13.6. The van der Waals surface area contributed by atoms with Gasteiger partial charge in [-0.15, -0.1) is 16.7 Å². The van der Waals surface area contributed by atoms with Crippen LogP contribution in [0.2, 0.25) is 0 Å². The smallest absolute Gasteiger partial charge is 0.254 e. The zero-order valence-corrected chi connectivity index (χ0v) is 12.7. The van der Waals surface area contributed by atoms with Gasteiger partial charge in [-0.25, -0.2) is 0 Å². The van der Waals surface area contributed by atoms with Crippen molar-refractivity contribution < 1.29 is 9.30 Å². The minimum atomic E-state index is 0.452. The van der Waals surface area contributed by atoms with Crippen LogP contribution in [0, 0.1) is 4.91 Å². The largest absolute Gasteiger partial charge is 0.331 e. The lowest BCUT2D eigenvalue weighted by Gasteiger charge is -2.17.